The highest BCUT2D eigenvalue weighted by Gasteiger charge is 2.33. The first-order valence-electron chi connectivity index (χ1n) is 9.28. The van der Waals surface area contributed by atoms with Crippen molar-refractivity contribution >= 4 is 23.6 Å². The number of hydrogen-bond acceptors (Lipinski definition) is 9. The fourth-order valence-corrected chi connectivity index (χ4v) is 3.05. The number of anilines is 2. The summed E-state index contributed by atoms with van der Waals surface area (Å²) >= 11 is 0. The van der Waals surface area contributed by atoms with Crippen LogP contribution in [0, 0.1) is 0 Å². The lowest BCUT2D eigenvalue weighted by molar-refractivity contribution is 0.0697. The van der Waals surface area contributed by atoms with Gasteiger partial charge >= 0.3 is 12.0 Å². The van der Waals surface area contributed by atoms with E-state index in [0.29, 0.717) is 13.0 Å². The van der Waals surface area contributed by atoms with Crippen molar-refractivity contribution in [3.05, 3.63) is 54.4 Å². The van der Waals surface area contributed by atoms with Crippen LogP contribution in [0.15, 0.2) is 47.6 Å². The monoisotopic (exact) mass is 428 g/mol. The molecule has 0 bridgehead atoms. The zero-order chi connectivity index (χ0) is 21.8. The first kappa shape index (κ1) is 20.2. The zero-order valence-corrected chi connectivity index (χ0v) is 16.0. The molecule has 0 aliphatic carbocycles. The summed E-state index contributed by atoms with van der Waals surface area (Å²) in [5, 5.41) is 11.6. The molecule has 2 atom stereocenters. The van der Waals surface area contributed by atoms with E-state index in [1.54, 1.807) is 11.0 Å². The van der Waals surface area contributed by atoms with Gasteiger partial charge in [-0.15, -0.1) is 0 Å². The van der Waals surface area contributed by atoms with Crippen molar-refractivity contribution < 1.29 is 28.2 Å². The lowest BCUT2D eigenvalue weighted by Gasteiger charge is -2.33. The van der Waals surface area contributed by atoms with Gasteiger partial charge in [-0.2, -0.15) is 4.98 Å². The van der Waals surface area contributed by atoms with Crippen LogP contribution in [-0.2, 0) is 0 Å². The van der Waals surface area contributed by atoms with Crippen LogP contribution >= 0.6 is 0 Å². The minimum absolute atomic E-state index is 0.0490. The smallest absolute Gasteiger partial charge is 0.339 e. The number of pyridine rings is 1. The third-order valence-electron chi connectivity index (χ3n) is 4.58. The summed E-state index contributed by atoms with van der Waals surface area (Å²) in [4.78, 5) is 40.9. The molecule has 0 saturated carbocycles. The van der Waals surface area contributed by atoms with Crippen LogP contribution in [0.4, 0.5) is 16.1 Å². The number of amides is 1. The number of halogens is 1. The molecule has 1 amide bonds. The maximum atomic E-state index is 14.6. The number of ether oxygens (including phenoxy) is 1. The summed E-state index contributed by atoms with van der Waals surface area (Å²) in [6.07, 6.45) is 4.90. The third kappa shape index (κ3) is 4.57. The van der Waals surface area contributed by atoms with Gasteiger partial charge in [-0.05, 0) is 12.1 Å². The number of nitrogens with one attached hydrogen (secondary N) is 1. The second-order valence-electron chi connectivity index (χ2n) is 6.63. The molecule has 160 valence electrons. The fourth-order valence-electron chi connectivity index (χ4n) is 3.05. The number of carbonyl (C=O) groups is 2. The summed E-state index contributed by atoms with van der Waals surface area (Å²) in [5.41, 5.74) is -0.166. The van der Waals surface area contributed by atoms with E-state index in [4.69, 9.17) is 9.15 Å². The fraction of sp³-hybridized carbons (Fsp3) is 0.263. The van der Waals surface area contributed by atoms with Gasteiger partial charge < -0.3 is 24.5 Å². The van der Waals surface area contributed by atoms with Crippen molar-refractivity contribution in [3.8, 4) is 6.01 Å². The van der Waals surface area contributed by atoms with Gasteiger partial charge in [-0.25, -0.2) is 19.2 Å². The second-order valence-corrected chi connectivity index (χ2v) is 6.63. The number of nitrogens with zero attached hydrogens (tertiary/aromatic N) is 5. The van der Waals surface area contributed by atoms with E-state index in [1.807, 2.05) is 0 Å². The largest absolute Gasteiger partial charge is 0.478 e. The quantitative estimate of drug-likeness (QED) is 0.596. The van der Waals surface area contributed by atoms with Gasteiger partial charge in [0.05, 0.1) is 12.2 Å². The minimum atomic E-state index is -1.35. The number of piperidine rings is 1. The van der Waals surface area contributed by atoms with E-state index >= 15 is 0 Å². The SMILES string of the molecule is O=C(Nc1ccncc1C(=O)O)c1coc(N2CC[C@H](Oc3ncccn3)[C@H](F)C2)n1. The van der Waals surface area contributed by atoms with Gasteiger partial charge in [0, 0.05) is 37.8 Å². The molecule has 1 aliphatic rings. The summed E-state index contributed by atoms with van der Waals surface area (Å²) in [7, 11) is 0. The van der Waals surface area contributed by atoms with E-state index < -0.39 is 24.2 Å². The molecule has 4 heterocycles. The molecule has 1 saturated heterocycles. The number of rotatable bonds is 6. The molecule has 2 N–H and O–H groups in total. The van der Waals surface area contributed by atoms with E-state index in [0.717, 1.165) is 12.5 Å². The summed E-state index contributed by atoms with van der Waals surface area (Å²) in [6.45, 7) is 0.333. The van der Waals surface area contributed by atoms with Crippen LogP contribution in [0.1, 0.15) is 27.3 Å². The van der Waals surface area contributed by atoms with Gasteiger partial charge in [0.15, 0.2) is 11.9 Å². The van der Waals surface area contributed by atoms with Crippen molar-refractivity contribution in [2.24, 2.45) is 0 Å². The molecule has 12 heteroatoms. The molecule has 3 aromatic heterocycles. The lowest BCUT2D eigenvalue weighted by Crippen LogP contribution is -2.47. The normalized spacial score (nSPS) is 18.4. The summed E-state index contributed by atoms with van der Waals surface area (Å²) in [6, 6.07) is 3.18. The van der Waals surface area contributed by atoms with Crippen LogP contribution in [0.2, 0.25) is 0 Å². The average molecular weight is 428 g/mol. The summed E-state index contributed by atoms with van der Waals surface area (Å²) in [5.74, 6) is -1.90. The predicted octanol–water partition coefficient (Wildman–Crippen LogP) is 1.81. The van der Waals surface area contributed by atoms with E-state index in [2.05, 4.69) is 25.3 Å². The molecule has 31 heavy (non-hydrogen) atoms. The molecule has 1 aliphatic heterocycles. The lowest BCUT2D eigenvalue weighted by atomic mass is 10.1. The molecule has 4 rings (SSSR count). The van der Waals surface area contributed by atoms with E-state index in [9.17, 15) is 19.1 Å². The number of carbonyl (C=O) groups excluding carboxylic acids is 1. The Hall–Kier alpha value is -4.09. The highest BCUT2D eigenvalue weighted by molar-refractivity contribution is 6.06. The third-order valence-corrected chi connectivity index (χ3v) is 4.58. The van der Waals surface area contributed by atoms with Crippen molar-refractivity contribution in [3.63, 3.8) is 0 Å². The Labute approximate surface area is 174 Å². The van der Waals surface area contributed by atoms with Crippen molar-refractivity contribution in [1.29, 1.82) is 0 Å². The standard InChI is InChI=1S/C19H17FN6O5/c20-12-9-26(7-3-15(12)31-18-22-4-1-5-23-18)19-25-14(10-30-19)16(27)24-13-2-6-21-8-11(13)17(28)29/h1-2,4-6,8,10,12,15H,3,7,9H2,(H,28,29)(H,21,24,27)/t12-,15+/m1/s1. The maximum absolute atomic E-state index is 14.6. The number of alkyl halides is 1. The van der Waals surface area contributed by atoms with Crippen LogP contribution in [0.3, 0.4) is 0 Å². The van der Waals surface area contributed by atoms with Crippen LogP contribution in [0.25, 0.3) is 0 Å². The Morgan fingerprint density at radius 3 is 2.84 bits per heavy atom. The number of carboxylic acid groups (broad SMARTS) is 1. The maximum Gasteiger partial charge on any atom is 0.339 e. The molecule has 0 aromatic carbocycles. The van der Waals surface area contributed by atoms with Crippen LogP contribution < -0.4 is 15.0 Å². The Morgan fingerprint density at radius 1 is 1.29 bits per heavy atom. The zero-order valence-electron chi connectivity index (χ0n) is 16.0. The van der Waals surface area contributed by atoms with Gasteiger partial charge in [-0.1, -0.05) is 0 Å². The van der Waals surface area contributed by atoms with E-state index in [-0.39, 0.29) is 35.5 Å². The molecular formula is C19H17FN6O5. The summed E-state index contributed by atoms with van der Waals surface area (Å²) < 4.78 is 25.4. The van der Waals surface area contributed by atoms with Gasteiger partial charge in [-0.3, -0.25) is 9.78 Å². The van der Waals surface area contributed by atoms with Crippen LogP contribution in [-0.4, -0.2) is 62.3 Å². The second kappa shape index (κ2) is 8.73. The molecule has 11 nitrogen and oxygen atoms in total. The molecular weight excluding hydrogens is 411 g/mol. The molecule has 0 unspecified atom stereocenters. The Bertz CT molecular complexity index is 1080. The number of oxazole rings is 1. The number of hydrogen-bond donors (Lipinski definition) is 2. The van der Waals surface area contributed by atoms with Crippen molar-refractivity contribution in [2.75, 3.05) is 23.3 Å². The first-order valence-corrected chi connectivity index (χ1v) is 9.28. The Kier molecular flexibility index (Phi) is 5.69. The molecule has 3 aromatic rings. The molecule has 0 radical (unpaired) electrons. The topological polar surface area (TPSA) is 144 Å². The van der Waals surface area contributed by atoms with Gasteiger partial charge in [0.2, 0.25) is 0 Å². The molecule has 0 spiro atoms. The number of aromatic carboxylic acids is 1. The highest BCUT2D eigenvalue weighted by Crippen LogP contribution is 2.24. The first-order chi connectivity index (χ1) is 15.0. The van der Waals surface area contributed by atoms with Gasteiger partial charge in [0.25, 0.3) is 11.9 Å². The van der Waals surface area contributed by atoms with E-state index in [1.165, 1.54) is 24.7 Å². The van der Waals surface area contributed by atoms with Crippen molar-refractivity contribution in [1.82, 2.24) is 19.9 Å². The Balaban J connectivity index is 1.39. The molecule has 1 fully saturated rings. The van der Waals surface area contributed by atoms with Crippen molar-refractivity contribution in [2.45, 2.75) is 18.7 Å². The Morgan fingerprint density at radius 2 is 2.10 bits per heavy atom. The number of aromatic nitrogens is 4. The predicted molar refractivity (Wildman–Crippen MR) is 104 cm³/mol. The average Bonchev–Trinajstić information content (AvgIpc) is 3.27. The van der Waals surface area contributed by atoms with Gasteiger partial charge in [0.1, 0.15) is 17.9 Å². The van der Waals surface area contributed by atoms with Crippen LogP contribution in [0.5, 0.6) is 6.01 Å². The minimum Gasteiger partial charge on any atom is -0.478 e. The highest BCUT2D eigenvalue weighted by atomic mass is 19.1. The number of carboxylic acids is 1.